The third-order valence-corrected chi connectivity index (χ3v) is 9.54. The molecule has 1 aromatic carbocycles. The smallest absolute Gasteiger partial charge is 0.223 e. The number of fused-ring (bicyclic) bond motifs is 4. The molecule has 234 valence electrons. The molecule has 3 fully saturated rings. The molecule has 0 radical (unpaired) electrons. The molecule has 0 aliphatic carbocycles. The maximum atomic E-state index is 13.6. The van der Waals surface area contributed by atoms with E-state index in [4.69, 9.17) is 14.2 Å². The Morgan fingerprint density at radius 1 is 1.00 bits per heavy atom. The van der Waals surface area contributed by atoms with E-state index in [1.54, 1.807) is 21.3 Å². The molecule has 3 aliphatic heterocycles. The Morgan fingerprint density at radius 2 is 1.71 bits per heavy atom. The van der Waals surface area contributed by atoms with E-state index >= 15 is 0 Å². The van der Waals surface area contributed by atoms with E-state index in [0.717, 1.165) is 37.7 Å². The molecule has 0 spiro atoms. The summed E-state index contributed by atoms with van der Waals surface area (Å²) in [5.41, 5.74) is 0.953. The van der Waals surface area contributed by atoms with E-state index < -0.39 is 0 Å². The lowest BCUT2D eigenvalue weighted by molar-refractivity contribution is -0.146. The number of nitrogens with zero attached hydrogens (tertiary/aromatic N) is 2. The zero-order chi connectivity index (χ0) is 30.4. The van der Waals surface area contributed by atoms with Gasteiger partial charge >= 0.3 is 0 Å². The standard InChI is InChI=1S/C33H51N3O6/c1-21(2)26-12-10-22(3)14-32(39)36-19-24-15-25(27(36)8-7-9-30(37)34-26)20-35(18-24)31(38)13-11-23-16-28(40-4)33(42-6)29(17-23)41-5/h16-17,21-22,24-27H,7-15,18-20H2,1-6H3,(H,34,37)/t22-,24+,25+,26+,27+/m1/s1. The number of aryl methyl sites for hydroxylation is 1. The van der Waals surface area contributed by atoms with Crippen LogP contribution in [0, 0.1) is 23.7 Å². The lowest BCUT2D eigenvalue weighted by atomic mass is 9.77. The summed E-state index contributed by atoms with van der Waals surface area (Å²) in [6.45, 7) is 8.51. The van der Waals surface area contributed by atoms with Crippen LogP contribution in [0.2, 0.25) is 0 Å². The van der Waals surface area contributed by atoms with E-state index in [1.807, 2.05) is 17.0 Å². The lowest BCUT2D eigenvalue weighted by Crippen LogP contribution is -2.60. The molecule has 3 heterocycles. The molecular weight excluding hydrogens is 534 g/mol. The number of carbonyl (C=O) groups excluding carboxylic acids is 3. The van der Waals surface area contributed by atoms with Crippen molar-refractivity contribution in [1.29, 1.82) is 0 Å². The molecule has 5 atom stereocenters. The largest absolute Gasteiger partial charge is 0.493 e. The molecular formula is C33H51N3O6. The molecule has 1 aromatic rings. The van der Waals surface area contributed by atoms with Gasteiger partial charge in [0.2, 0.25) is 23.5 Å². The monoisotopic (exact) mass is 585 g/mol. The van der Waals surface area contributed by atoms with E-state index in [0.29, 0.717) is 68.5 Å². The normalized spacial score (nSPS) is 27.3. The van der Waals surface area contributed by atoms with Crippen molar-refractivity contribution >= 4 is 17.7 Å². The van der Waals surface area contributed by atoms with Gasteiger partial charge in [-0.3, -0.25) is 14.4 Å². The third kappa shape index (κ3) is 7.70. The minimum absolute atomic E-state index is 0.0705. The van der Waals surface area contributed by atoms with Crippen LogP contribution in [0.1, 0.15) is 77.7 Å². The van der Waals surface area contributed by atoms with Crippen LogP contribution in [-0.2, 0) is 20.8 Å². The number of hydrogen-bond acceptors (Lipinski definition) is 6. The van der Waals surface area contributed by atoms with Gasteiger partial charge in [0, 0.05) is 51.0 Å². The van der Waals surface area contributed by atoms with Crippen molar-refractivity contribution < 1.29 is 28.6 Å². The summed E-state index contributed by atoms with van der Waals surface area (Å²) in [5, 5.41) is 3.26. The lowest BCUT2D eigenvalue weighted by Gasteiger charge is -2.51. The number of hydrogen-bond donors (Lipinski definition) is 1. The summed E-state index contributed by atoms with van der Waals surface area (Å²) in [4.78, 5) is 44.1. The number of benzene rings is 1. The van der Waals surface area contributed by atoms with Gasteiger partial charge in [-0.05, 0) is 79.9 Å². The number of rotatable bonds is 7. The molecule has 3 saturated heterocycles. The maximum absolute atomic E-state index is 13.6. The van der Waals surface area contributed by atoms with Crippen LogP contribution in [0.5, 0.6) is 17.2 Å². The van der Waals surface area contributed by atoms with Crippen molar-refractivity contribution in [2.75, 3.05) is 41.0 Å². The van der Waals surface area contributed by atoms with Crippen molar-refractivity contribution in [2.24, 2.45) is 23.7 Å². The number of ether oxygens (including phenoxy) is 3. The van der Waals surface area contributed by atoms with Gasteiger partial charge in [-0.15, -0.1) is 0 Å². The first-order valence-electron chi connectivity index (χ1n) is 15.8. The van der Waals surface area contributed by atoms with Crippen molar-refractivity contribution in [3.8, 4) is 17.2 Å². The number of methoxy groups -OCH3 is 3. The Balaban J connectivity index is 1.43. The highest BCUT2D eigenvalue weighted by Crippen LogP contribution is 2.39. The van der Waals surface area contributed by atoms with E-state index in [2.05, 4.69) is 31.0 Å². The minimum Gasteiger partial charge on any atom is -0.493 e. The first kappa shape index (κ1) is 32.0. The van der Waals surface area contributed by atoms with Crippen LogP contribution in [0.25, 0.3) is 0 Å². The van der Waals surface area contributed by atoms with E-state index in [-0.39, 0.29) is 47.6 Å². The molecule has 9 heteroatoms. The molecule has 0 unspecified atom stereocenters. The van der Waals surface area contributed by atoms with Crippen LogP contribution in [0.3, 0.4) is 0 Å². The predicted octanol–water partition coefficient (Wildman–Crippen LogP) is 4.45. The van der Waals surface area contributed by atoms with Gasteiger partial charge in [0.25, 0.3) is 0 Å². The van der Waals surface area contributed by atoms with Gasteiger partial charge in [0.05, 0.1) is 21.3 Å². The van der Waals surface area contributed by atoms with Gasteiger partial charge < -0.3 is 29.3 Å². The summed E-state index contributed by atoms with van der Waals surface area (Å²) in [7, 11) is 4.76. The first-order chi connectivity index (χ1) is 20.1. The van der Waals surface area contributed by atoms with Crippen LogP contribution >= 0.6 is 0 Å². The highest BCUT2D eigenvalue weighted by molar-refractivity contribution is 5.78. The maximum Gasteiger partial charge on any atom is 0.223 e. The van der Waals surface area contributed by atoms with Gasteiger partial charge in [-0.25, -0.2) is 0 Å². The second-order valence-corrected chi connectivity index (χ2v) is 13.0. The average Bonchev–Trinajstić information content (AvgIpc) is 2.98. The SMILES string of the molecule is COc1cc(CCC(=O)N2C[C@@H]3C[C@@H](C2)[C@@H]2CCCC(=O)N[C@H](C(C)C)CC[C@@H](C)CC(=O)N2C3)cc(OC)c1OC. The quantitative estimate of drug-likeness (QED) is 0.508. The van der Waals surface area contributed by atoms with E-state index in [9.17, 15) is 14.4 Å². The topological polar surface area (TPSA) is 97.4 Å². The first-order valence-corrected chi connectivity index (χ1v) is 15.8. The van der Waals surface area contributed by atoms with Crippen LogP contribution in [-0.4, -0.2) is 80.6 Å². The fraction of sp³-hybridized carbons (Fsp3) is 0.727. The molecule has 9 nitrogen and oxygen atoms in total. The molecule has 3 aliphatic rings. The van der Waals surface area contributed by atoms with Gasteiger partial charge in [0.15, 0.2) is 11.5 Å². The van der Waals surface area contributed by atoms with Crippen LogP contribution in [0.4, 0.5) is 0 Å². The zero-order valence-electron chi connectivity index (χ0n) is 26.4. The number of likely N-dealkylation sites (tertiary alicyclic amines) is 1. The second-order valence-electron chi connectivity index (χ2n) is 13.0. The summed E-state index contributed by atoms with van der Waals surface area (Å²) < 4.78 is 16.4. The molecule has 0 aromatic heterocycles. The minimum atomic E-state index is 0.0705. The predicted molar refractivity (Wildman–Crippen MR) is 162 cm³/mol. The van der Waals surface area contributed by atoms with Gasteiger partial charge in [-0.2, -0.15) is 0 Å². The summed E-state index contributed by atoms with van der Waals surface area (Å²) >= 11 is 0. The van der Waals surface area contributed by atoms with Crippen molar-refractivity contribution in [3.63, 3.8) is 0 Å². The van der Waals surface area contributed by atoms with Crippen molar-refractivity contribution in [1.82, 2.24) is 15.1 Å². The highest BCUT2D eigenvalue weighted by atomic mass is 16.5. The Kier molecular flexibility index (Phi) is 11.0. The number of carbonyl (C=O) groups is 3. The molecule has 42 heavy (non-hydrogen) atoms. The number of piperidine rings is 2. The second kappa shape index (κ2) is 14.5. The molecule has 3 amide bonds. The van der Waals surface area contributed by atoms with Crippen LogP contribution in [0.15, 0.2) is 12.1 Å². The Bertz CT molecular complexity index is 1080. The van der Waals surface area contributed by atoms with Gasteiger partial charge in [0.1, 0.15) is 0 Å². The summed E-state index contributed by atoms with van der Waals surface area (Å²) in [6, 6.07) is 4.02. The molecule has 0 saturated carbocycles. The third-order valence-electron chi connectivity index (χ3n) is 9.54. The Morgan fingerprint density at radius 3 is 2.36 bits per heavy atom. The highest BCUT2D eigenvalue weighted by Gasteiger charge is 2.43. The Labute approximate surface area is 251 Å². The van der Waals surface area contributed by atoms with E-state index in [1.165, 1.54) is 0 Å². The average molecular weight is 586 g/mol. The molecule has 1 N–H and O–H groups in total. The fourth-order valence-electron chi connectivity index (χ4n) is 7.20. The summed E-state index contributed by atoms with van der Waals surface area (Å²) in [5.74, 6) is 3.34. The molecule has 2 bridgehead atoms. The number of nitrogens with one attached hydrogen (secondary N) is 1. The fourth-order valence-corrected chi connectivity index (χ4v) is 7.20. The molecule has 4 rings (SSSR count). The number of amides is 3. The zero-order valence-corrected chi connectivity index (χ0v) is 26.4. The van der Waals surface area contributed by atoms with Crippen LogP contribution < -0.4 is 19.5 Å². The summed E-state index contributed by atoms with van der Waals surface area (Å²) in [6.07, 6.45) is 6.38. The van der Waals surface area contributed by atoms with Gasteiger partial charge in [-0.1, -0.05) is 20.8 Å². The van der Waals surface area contributed by atoms with Crippen molar-refractivity contribution in [2.45, 2.75) is 90.6 Å². The van der Waals surface area contributed by atoms with Crippen molar-refractivity contribution in [3.05, 3.63) is 17.7 Å². The Hall–Kier alpha value is -2.97.